The van der Waals surface area contributed by atoms with E-state index in [-0.39, 0.29) is 0 Å². The van der Waals surface area contributed by atoms with Gasteiger partial charge in [-0.2, -0.15) is 5.10 Å². The number of nitrogens with zero attached hydrogens (tertiary/aromatic N) is 2. The van der Waals surface area contributed by atoms with Gasteiger partial charge in [0.1, 0.15) is 11.3 Å². The zero-order valence-corrected chi connectivity index (χ0v) is 15.3. The molecule has 138 valence electrons. The number of carbonyl (C=O) groups is 2. The third-order valence-corrected chi connectivity index (χ3v) is 4.12. The maximum absolute atomic E-state index is 12.4. The van der Waals surface area contributed by atoms with Crippen molar-refractivity contribution in [2.24, 2.45) is 5.73 Å². The number of aromatic nitrogens is 2. The summed E-state index contributed by atoms with van der Waals surface area (Å²) in [5, 5.41) is 4.58. The summed E-state index contributed by atoms with van der Waals surface area (Å²) in [6, 6.07) is 15.8. The Balaban J connectivity index is 1.94. The maximum atomic E-state index is 12.4. The maximum Gasteiger partial charge on any atom is 0.342 e. The second kappa shape index (κ2) is 7.86. The molecule has 0 saturated heterocycles. The molecule has 2 aromatic carbocycles. The molecule has 1 aromatic heterocycles. The van der Waals surface area contributed by atoms with E-state index in [4.69, 9.17) is 10.5 Å². The Morgan fingerprint density at radius 1 is 1.00 bits per heavy atom. The molecule has 6 nitrogen and oxygen atoms in total. The predicted molar refractivity (Wildman–Crippen MR) is 102 cm³/mol. The Kier molecular flexibility index (Phi) is 5.35. The van der Waals surface area contributed by atoms with Crippen LogP contribution in [0.3, 0.4) is 0 Å². The van der Waals surface area contributed by atoms with Gasteiger partial charge < -0.3 is 10.5 Å². The summed E-state index contributed by atoms with van der Waals surface area (Å²) in [6.45, 7) is 4.07. The number of rotatable bonds is 6. The number of carbonyl (C=O) groups excluding carboxylic acids is 2. The lowest BCUT2D eigenvalue weighted by Crippen LogP contribution is -2.21. The zero-order chi connectivity index (χ0) is 19.4. The van der Waals surface area contributed by atoms with Crippen molar-refractivity contribution in [1.29, 1.82) is 0 Å². The minimum Gasteiger partial charge on any atom is -0.452 e. The average molecular weight is 363 g/mol. The van der Waals surface area contributed by atoms with Gasteiger partial charge in [-0.15, -0.1) is 0 Å². The van der Waals surface area contributed by atoms with E-state index in [0.29, 0.717) is 17.8 Å². The van der Waals surface area contributed by atoms with Crippen molar-refractivity contribution < 1.29 is 14.3 Å². The Morgan fingerprint density at radius 2 is 1.59 bits per heavy atom. The molecule has 3 aromatic rings. The van der Waals surface area contributed by atoms with Gasteiger partial charge in [0.2, 0.25) is 0 Å². The number of esters is 1. The first-order chi connectivity index (χ1) is 12.9. The molecule has 0 aliphatic rings. The second-order valence-corrected chi connectivity index (χ2v) is 6.48. The molecule has 0 fully saturated rings. The van der Waals surface area contributed by atoms with E-state index in [1.54, 1.807) is 10.9 Å². The Labute approximate surface area is 157 Å². The molecule has 0 unspecified atom stereocenters. The highest BCUT2D eigenvalue weighted by Gasteiger charge is 2.20. The number of benzene rings is 2. The first kappa shape index (κ1) is 18.4. The zero-order valence-electron chi connectivity index (χ0n) is 15.3. The molecule has 0 bridgehead atoms. The van der Waals surface area contributed by atoms with E-state index < -0.39 is 18.5 Å². The molecule has 1 heterocycles. The molecular formula is C21H21N3O3. The minimum absolute atomic E-state index is 0.298. The molecule has 0 aliphatic heterocycles. The first-order valence-electron chi connectivity index (χ1n) is 8.58. The van der Waals surface area contributed by atoms with Crippen LogP contribution in [0.2, 0.25) is 0 Å². The third kappa shape index (κ3) is 4.61. The summed E-state index contributed by atoms with van der Waals surface area (Å²) < 4.78 is 6.68. The number of aryl methyl sites for hydroxylation is 2. The van der Waals surface area contributed by atoms with Crippen LogP contribution >= 0.6 is 0 Å². The molecule has 3 rings (SSSR count). The van der Waals surface area contributed by atoms with Crippen molar-refractivity contribution >= 4 is 11.9 Å². The summed E-state index contributed by atoms with van der Waals surface area (Å²) in [7, 11) is 0. The third-order valence-electron chi connectivity index (χ3n) is 4.12. The highest BCUT2D eigenvalue weighted by Crippen LogP contribution is 2.24. The lowest BCUT2D eigenvalue weighted by molar-refractivity contribution is -0.121. The van der Waals surface area contributed by atoms with Crippen LogP contribution in [0.5, 0.6) is 0 Å². The van der Waals surface area contributed by atoms with E-state index in [0.717, 1.165) is 16.7 Å². The summed E-state index contributed by atoms with van der Waals surface area (Å²) in [6.07, 6.45) is 1.64. The molecule has 2 N–H and O–H groups in total. The summed E-state index contributed by atoms with van der Waals surface area (Å²) in [5.74, 6) is -1.33. The SMILES string of the molecule is Cc1ccc(Cn2cc(C(=O)OCC(N)=O)c(-c3ccc(C)cc3)n2)cc1. The molecule has 0 radical (unpaired) electrons. The van der Waals surface area contributed by atoms with E-state index in [9.17, 15) is 9.59 Å². The minimum atomic E-state index is -0.702. The van der Waals surface area contributed by atoms with Crippen LogP contribution in [0, 0.1) is 13.8 Å². The summed E-state index contributed by atoms with van der Waals surface area (Å²) in [5.41, 5.74) is 10.0. The normalized spacial score (nSPS) is 10.6. The molecule has 1 amide bonds. The lowest BCUT2D eigenvalue weighted by Gasteiger charge is -2.03. The largest absolute Gasteiger partial charge is 0.452 e. The highest BCUT2D eigenvalue weighted by molar-refractivity contribution is 5.97. The van der Waals surface area contributed by atoms with E-state index in [1.165, 1.54) is 5.56 Å². The van der Waals surface area contributed by atoms with Gasteiger partial charge in [0.05, 0.1) is 6.54 Å². The highest BCUT2D eigenvalue weighted by atomic mass is 16.5. The van der Waals surface area contributed by atoms with Gasteiger partial charge in [0, 0.05) is 11.8 Å². The number of nitrogens with two attached hydrogens (primary N) is 1. The molecule has 0 aliphatic carbocycles. The van der Waals surface area contributed by atoms with Crippen molar-refractivity contribution in [3.63, 3.8) is 0 Å². The molecule has 0 atom stereocenters. The van der Waals surface area contributed by atoms with Crippen molar-refractivity contribution in [2.75, 3.05) is 6.61 Å². The van der Waals surface area contributed by atoms with Gasteiger partial charge in [-0.25, -0.2) is 4.79 Å². The lowest BCUT2D eigenvalue weighted by atomic mass is 10.1. The van der Waals surface area contributed by atoms with Crippen molar-refractivity contribution in [2.45, 2.75) is 20.4 Å². The molecule has 27 heavy (non-hydrogen) atoms. The van der Waals surface area contributed by atoms with Crippen LogP contribution in [-0.4, -0.2) is 28.3 Å². The topological polar surface area (TPSA) is 87.2 Å². The molecular weight excluding hydrogens is 342 g/mol. The van der Waals surface area contributed by atoms with Crippen LogP contribution in [0.25, 0.3) is 11.3 Å². The van der Waals surface area contributed by atoms with E-state index in [2.05, 4.69) is 5.10 Å². The summed E-state index contributed by atoms with van der Waals surface area (Å²) >= 11 is 0. The monoisotopic (exact) mass is 363 g/mol. The first-order valence-corrected chi connectivity index (χ1v) is 8.58. The number of hydrogen-bond acceptors (Lipinski definition) is 4. The average Bonchev–Trinajstić information content (AvgIpc) is 3.06. The van der Waals surface area contributed by atoms with Crippen molar-refractivity contribution in [1.82, 2.24) is 9.78 Å². The number of amides is 1. The van der Waals surface area contributed by atoms with E-state index >= 15 is 0 Å². The van der Waals surface area contributed by atoms with Gasteiger partial charge in [-0.1, -0.05) is 59.7 Å². The number of hydrogen-bond donors (Lipinski definition) is 1. The molecule has 0 saturated carbocycles. The van der Waals surface area contributed by atoms with Gasteiger partial charge in [-0.05, 0) is 19.4 Å². The quantitative estimate of drug-likeness (QED) is 0.682. The fourth-order valence-electron chi connectivity index (χ4n) is 2.67. The van der Waals surface area contributed by atoms with Crippen LogP contribution in [0.1, 0.15) is 27.0 Å². The van der Waals surface area contributed by atoms with Crippen molar-refractivity contribution in [3.8, 4) is 11.3 Å². The van der Waals surface area contributed by atoms with Crippen LogP contribution in [0.4, 0.5) is 0 Å². The van der Waals surface area contributed by atoms with Gasteiger partial charge in [0.25, 0.3) is 5.91 Å². The fraction of sp³-hybridized carbons (Fsp3) is 0.190. The predicted octanol–water partition coefficient (Wildman–Crippen LogP) is 2.86. The van der Waals surface area contributed by atoms with Crippen LogP contribution in [-0.2, 0) is 16.1 Å². The van der Waals surface area contributed by atoms with Crippen molar-refractivity contribution in [3.05, 3.63) is 77.0 Å². The number of primary amides is 1. The Morgan fingerprint density at radius 3 is 2.19 bits per heavy atom. The Hall–Kier alpha value is -3.41. The fourth-order valence-corrected chi connectivity index (χ4v) is 2.67. The summed E-state index contributed by atoms with van der Waals surface area (Å²) in [4.78, 5) is 23.4. The second-order valence-electron chi connectivity index (χ2n) is 6.48. The van der Waals surface area contributed by atoms with Crippen LogP contribution in [0.15, 0.2) is 54.7 Å². The molecule has 6 heteroatoms. The van der Waals surface area contributed by atoms with Gasteiger partial charge >= 0.3 is 5.97 Å². The smallest absolute Gasteiger partial charge is 0.342 e. The number of ether oxygens (including phenoxy) is 1. The standard InChI is InChI=1S/C21H21N3O3/c1-14-3-7-16(8-4-14)11-24-12-18(21(26)27-13-19(22)25)20(23-24)17-9-5-15(2)6-10-17/h3-10,12H,11,13H2,1-2H3,(H2,22,25). The Bertz CT molecular complexity index is 957. The van der Waals surface area contributed by atoms with E-state index in [1.807, 2.05) is 62.4 Å². The van der Waals surface area contributed by atoms with Crippen LogP contribution < -0.4 is 5.73 Å². The van der Waals surface area contributed by atoms with Gasteiger partial charge in [-0.3, -0.25) is 9.48 Å². The van der Waals surface area contributed by atoms with Gasteiger partial charge in [0.15, 0.2) is 6.61 Å². The molecule has 0 spiro atoms.